The van der Waals surface area contributed by atoms with Gasteiger partial charge in [0.25, 0.3) is 0 Å². The molecule has 24 heavy (non-hydrogen) atoms. The highest BCUT2D eigenvalue weighted by atomic mass is 35.5. The van der Waals surface area contributed by atoms with Gasteiger partial charge in [-0.2, -0.15) is 0 Å². The standard InChI is InChI=1S/C13H19Cl2N3O3S.2ClH/c1-21-12-8-11(15)13(9-10(12)14)22(19,20)17-4-7-18-5-2-16-3-6-18;;/h8-9,16-17H,2-7H2,1H3;2*1H. The molecule has 0 amide bonds. The Morgan fingerprint density at radius 2 is 1.83 bits per heavy atom. The van der Waals surface area contributed by atoms with E-state index in [0.717, 1.165) is 26.2 Å². The Labute approximate surface area is 165 Å². The maximum absolute atomic E-state index is 12.3. The van der Waals surface area contributed by atoms with Crippen molar-refractivity contribution in [1.82, 2.24) is 14.9 Å². The molecule has 1 aliphatic rings. The molecule has 6 nitrogen and oxygen atoms in total. The number of methoxy groups -OCH3 is 1. The van der Waals surface area contributed by atoms with Gasteiger partial charge in [0.2, 0.25) is 10.0 Å². The highest BCUT2D eigenvalue weighted by Gasteiger charge is 2.20. The smallest absolute Gasteiger partial charge is 0.242 e. The van der Waals surface area contributed by atoms with Crippen molar-refractivity contribution in [3.63, 3.8) is 0 Å². The molecule has 0 saturated carbocycles. The summed E-state index contributed by atoms with van der Waals surface area (Å²) in [6, 6.07) is 2.70. The van der Waals surface area contributed by atoms with Crippen molar-refractivity contribution in [3.8, 4) is 5.75 Å². The second kappa shape index (κ2) is 10.9. The van der Waals surface area contributed by atoms with Crippen LogP contribution in [0.3, 0.4) is 0 Å². The molecule has 0 bridgehead atoms. The lowest BCUT2D eigenvalue weighted by Crippen LogP contribution is -2.46. The van der Waals surface area contributed by atoms with Crippen LogP contribution in [-0.4, -0.2) is 59.7 Å². The minimum Gasteiger partial charge on any atom is -0.495 e. The van der Waals surface area contributed by atoms with E-state index in [9.17, 15) is 8.42 Å². The molecule has 0 radical (unpaired) electrons. The van der Waals surface area contributed by atoms with E-state index in [0.29, 0.717) is 18.8 Å². The van der Waals surface area contributed by atoms with Crippen LogP contribution in [0.1, 0.15) is 0 Å². The summed E-state index contributed by atoms with van der Waals surface area (Å²) >= 11 is 12.0. The summed E-state index contributed by atoms with van der Waals surface area (Å²) < 4.78 is 32.2. The quantitative estimate of drug-likeness (QED) is 0.708. The number of halogens is 4. The number of ether oxygens (including phenoxy) is 1. The third-order valence-electron chi connectivity index (χ3n) is 3.43. The minimum absolute atomic E-state index is 0. The monoisotopic (exact) mass is 439 g/mol. The zero-order chi connectivity index (χ0) is 16.2. The van der Waals surface area contributed by atoms with Gasteiger partial charge in [-0.1, -0.05) is 23.2 Å². The molecule has 1 aromatic rings. The fourth-order valence-corrected chi connectivity index (χ4v) is 4.09. The van der Waals surface area contributed by atoms with Crippen molar-refractivity contribution < 1.29 is 13.2 Å². The molecule has 0 aliphatic carbocycles. The van der Waals surface area contributed by atoms with Crippen molar-refractivity contribution >= 4 is 58.0 Å². The van der Waals surface area contributed by atoms with Gasteiger partial charge in [0.15, 0.2) is 0 Å². The highest BCUT2D eigenvalue weighted by molar-refractivity contribution is 7.89. The molecule has 1 aliphatic heterocycles. The molecule has 1 aromatic carbocycles. The first-order chi connectivity index (χ1) is 10.4. The van der Waals surface area contributed by atoms with E-state index in [1.54, 1.807) is 0 Å². The Balaban J connectivity index is 0.00000264. The van der Waals surface area contributed by atoms with Gasteiger partial charge in [-0.15, -0.1) is 24.8 Å². The molecular formula is C13H21Cl4N3O3S. The highest BCUT2D eigenvalue weighted by Crippen LogP contribution is 2.33. The first kappa shape index (κ1) is 24.0. The number of hydrogen-bond acceptors (Lipinski definition) is 5. The Bertz CT molecular complexity index is 625. The number of rotatable bonds is 6. The van der Waals surface area contributed by atoms with Crippen molar-refractivity contribution in [2.24, 2.45) is 0 Å². The second-order valence-corrected chi connectivity index (χ2v) is 7.46. The van der Waals surface area contributed by atoms with Gasteiger partial charge in [-0.25, -0.2) is 13.1 Å². The molecule has 1 heterocycles. The summed E-state index contributed by atoms with van der Waals surface area (Å²) in [5, 5.41) is 3.53. The summed E-state index contributed by atoms with van der Waals surface area (Å²) in [6.07, 6.45) is 0. The molecular weight excluding hydrogens is 420 g/mol. The Hall–Kier alpha value is 0.01000. The first-order valence-corrected chi connectivity index (χ1v) is 9.14. The second-order valence-electron chi connectivity index (χ2n) is 4.91. The first-order valence-electron chi connectivity index (χ1n) is 6.90. The summed E-state index contributed by atoms with van der Waals surface area (Å²) in [6.45, 7) is 4.65. The summed E-state index contributed by atoms with van der Waals surface area (Å²) in [5.74, 6) is 0.339. The van der Waals surface area contributed by atoms with Gasteiger partial charge in [0, 0.05) is 45.3 Å². The fraction of sp³-hybridized carbons (Fsp3) is 0.538. The van der Waals surface area contributed by atoms with Crippen LogP contribution >= 0.6 is 48.0 Å². The molecule has 0 aromatic heterocycles. The number of nitrogens with zero attached hydrogens (tertiary/aromatic N) is 1. The molecule has 2 N–H and O–H groups in total. The predicted octanol–water partition coefficient (Wildman–Crippen LogP) is 2.03. The number of hydrogen-bond donors (Lipinski definition) is 2. The maximum atomic E-state index is 12.3. The van der Waals surface area contributed by atoms with Crippen molar-refractivity contribution in [2.45, 2.75) is 4.90 Å². The Morgan fingerprint density at radius 1 is 1.21 bits per heavy atom. The van der Waals surface area contributed by atoms with Gasteiger partial charge >= 0.3 is 0 Å². The molecule has 0 unspecified atom stereocenters. The Kier molecular flexibility index (Phi) is 10.9. The topological polar surface area (TPSA) is 70.7 Å². The number of benzene rings is 1. The molecule has 0 atom stereocenters. The lowest BCUT2D eigenvalue weighted by molar-refractivity contribution is 0.245. The van der Waals surface area contributed by atoms with Crippen LogP contribution in [0.25, 0.3) is 0 Å². The van der Waals surface area contributed by atoms with E-state index in [1.165, 1.54) is 19.2 Å². The molecule has 11 heteroatoms. The molecule has 0 spiro atoms. The van der Waals surface area contributed by atoms with Crippen LogP contribution in [0.4, 0.5) is 0 Å². The largest absolute Gasteiger partial charge is 0.495 e. The van der Waals surface area contributed by atoms with Crippen molar-refractivity contribution in [2.75, 3.05) is 46.4 Å². The van der Waals surface area contributed by atoms with Crippen LogP contribution in [0.5, 0.6) is 5.75 Å². The average Bonchev–Trinajstić information content (AvgIpc) is 2.50. The van der Waals surface area contributed by atoms with Crippen LogP contribution < -0.4 is 14.8 Å². The predicted molar refractivity (Wildman–Crippen MR) is 102 cm³/mol. The van der Waals surface area contributed by atoms with Gasteiger partial charge in [0.1, 0.15) is 10.6 Å². The van der Waals surface area contributed by atoms with Crippen LogP contribution in [-0.2, 0) is 10.0 Å². The van der Waals surface area contributed by atoms with E-state index in [1.807, 2.05) is 0 Å². The molecule has 1 saturated heterocycles. The molecule has 1 fully saturated rings. The summed E-state index contributed by atoms with van der Waals surface area (Å²) in [4.78, 5) is 2.15. The lowest BCUT2D eigenvalue weighted by atomic mass is 10.3. The minimum atomic E-state index is -3.70. The van der Waals surface area contributed by atoms with E-state index >= 15 is 0 Å². The van der Waals surface area contributed by atoms with E-state index < -0.39 is 10.0 Å². The number of piperazine rings is 1. The maximum Gasteiger partial charge on any atom is 0.242 e. The van der Waals surface area contributed by atoms with Crippen molar-refractivity contribution in [3.05, 3.63) is 22.2 Å². The van der Waals surface area contributed by atoms with Crippen LogP contribution in [0.2, 0.25) is 10.0 Å². The lowest BCUT2D eigenvalue weighted by Gasteiger charge is -2.27. The van der Waals surface area contributed by atoms with Crippen LogP contribution in [0.15, 0.2) is 17.0 Å². The van der Waals surface area contributed by atoms with E-state index in [4.69, 9.17) is 27.9 Å². The number of sulfonamides is 1. The average molecular weight is 441 g/mol. The van der Waals surface area contributed by atoms with Gasteiger partial charge in [0.05, 0.1) is 17.2 Å². The van der Waals surface area contributed by atoms with E-state index in [2.05, 4.69) is 14.9 Å². The number of nitrogens with one attached hydrogen (secondary N) is 2. The molecule has 140 valence electrons. The third kappa shape index (κ3) is 6.38. The normalized spacial score (nSPS) is 15.3. The zero-order valence-corrected chi connectivity index (χ0v) is 17.0. The fourth-order valence-electron chi connectivity index (χ4n) is 2.22. The third-order valence-corrected chi connectivity index (χ3v) is 5.65. The zero-order valence-electron chi connectivity index (χ0n) is 13.0. The Morgan fingerprint density at radius 3 is 2.42 bits per heavy atom. The van der Waals surface area contributed by atoms with E-state index in [-0.39, 0.29) is 39.8 Å². The van der Waals surface area contributed by atoms with Crippen LogP contribution in [0, 0.1) is 0 Å². The molecule has 2 rings (SSSR count). The van der Waals surface area contributed by atoms with Crippen molar-refractivity contribution in [1.29, 1.82) is 0 Å². The summed E-state index contributed by atoms with van der Waals surface area (Å²) in [5.41, 5.74) is 0. The van der Waals surface area contributed by atoms with Gasteiger partial charge in [-0.3, -0.25) is 4.90 Å². The van der Waals surface area contributed by atoms with Gasteiger partial charge in [-0.05, 0) is 6.07 Å². The van der Waals surface area contributed by atoms with Gasteiger partial charge < -0.3 is 10.1 Å². The summed E-state index contributed by atoms with van der Waals surface area (Å²) in [7, 11) is -2.26. The SMILES string of the molecule is COc1cc(Cl)c(S(=O)(=O)NCCN2CCNCC2)cc1Cl.Cl.Cl.